The van der Waals surface area contributed by atoms with Gasteiger partial charge in [-0.15, -0.1) is 0 Å². The van der Waals surface area contributed by atoms with Crippen molar-refractivity contribution in [2.75, 3.05) is 6.61 Å². The first-order valence-corrected chi connectivity index (χ1v) is 6.41. The van der Waals surface area contributed by atoms with E-state index in [0.717, 1.165) is 24.2 Å². The minimum atomic E-state index is -0.188. The summed E-state index contributed by atoms with van der Waals surface area (Å²) in [6, 6.07) is 11.2. The molecule has 1 atom stereocenters. The molecule has 0 radical (unpaired) electrons. The molecular formula is C15H15NO3. The third kappa shape index (κ3) is 2.47. The highest BCUT2D eigenvalue weighted by Crippen LogP contribution is 2.31. The quantitative estimate of drug-likeness (QED) is 0.900. The summed E-state index contributed by atoms with van der Waals surface area (Å²) >= 11 is 0. The summed E-state index contributed by atoms with van der Waals surface area (Å²) in [6.07, 6.45) is 3.28. The molecular weight excluding hydrogens is 242 g/mol. The second kappa shape index (κ2) is 5.18. The fourth-order valence-corrected chi connectivity index (χ4v) is 2.31. The van der Waals surface area contributed by atoms with Crippen molar-refractivity contribution in [2.24, 2.45) is 0 Å². The molecule has 98 valence electrons. The molecule has 3 rings (SSSR count). The van der Waals surface area contributed by atoms with Crippen molar-refractivity contribution in [3.8, 4) is 5.75 Å². The van der Waals surface area contributed by atoms with E-state index >= 15 is 0 Å². The van der Waals surface area contributed by atoms with Crippen molar-refractivity contribution >= 4 is 5.91 Å². The van der Waals surface area contributed by atoms with E-state index < -0.39 is 0 Å². The maximum absolute atomic E-state index is 12.1. The first kappa shape index (κ1) is 11.8. The number of amides is 1. The number of nitrogens with one attached hydrogen (secondary N) is 1. The number of carbonyl (C=O) groups is 1. The lowest BCUT2D eigenvalue weighted by Gasteiger charge is -2.17. The van der Waals surface area contributed by atoms with Gasteiger partial charge >= 0.3 is 0 Å². The molecule has 0 saturated heterocycles. The minimum absolute atomic E-state index is 0.0312. The zero-order chi connectivity index (χ0) is 13.1. The van der Waals surface area contributed by atoms with Crippen molar-refractivity contribution in [3.05, 3.63) is 54.0 Å². The van der Waals surface area contributed by atoms with E-state index in [2.05, 4.69) is 5.32 Å². The molecule has 2 aromatic rings. The Morgan fingerprint density at radius 2 is 2.11 bits per heavy atom. The molecule has 0 bridgehead atoms. The Balaban J connectivity index is 1.83. The lowest BCUT2D eigenvalue weighted by Crippen LogP contribution is -2.28. The first-order chi connectivity index (χ1) is 9.34. The van der Waals surface area contributed by atoms with E-state index in [9.17, 15) is 4.79 Å². The molecule has 2 heterocycles. The van der Waals surface area contributed by atoms with Crippen molar-refractivity contribution in [1.82, 2.24) is 5.32 Å². The number of hydrogen-bond acceptors (Lipinski definition) is 3. The van der Waals surface area contributed by atoms with E-state index in [0.29, 0.717) is 12.4 Å². The standard InChI is InChI=1S/C15H15NO3/c17-15(14-8-4-10-19-14)16-12-6-3-9-18-13-7-2-1-5-11(12)13/h1-2,4-5,7-8,10,12H,3,6,9H2,(H,16,17). The van der Waals surface area contributed by atoms with E-state index in [4.69, 9.17) is 9.15 Å². The minimum Gasteiger partial charge on any atom is -0.493 e. The molecule has 1 aromatic carbocycles. The summed E-state index contributed by atoms with van der Waals surface area (Å²) in [4.78, 5) is 12.1. The molecule has 1 unspecified atom stereocenters. The number of carbonyl (C=O) groups excluding carboxylic acids is 1. The van der Waals surface area contributed by atoms with Crippen LogP contribution in [0.5, 0.6) is 5.75 Å². The predicted octanol–water partition coefficient (Wildman–Crippen LogP) is 2.92. The van der Waals surface area contributed by atoms with Gasteiger partial charge in [-0.05, 0) is 31.0 Å². The van der Waals surface area contributed by atoms with Crippen LogP contribution in [0.1, 0.15) is 35.0 Å². The summed E-state index contributed by atoms with van der Waals surface area (Å²) in [5.74, 6) is 0.999. The fourth-order valence-electron chi connectivity index (χ4n) is 2.31. The SMILES string of the molecule is O=C(NC1CCCOc2ccccc21)c1ccco1. The molecule has 4 nitrogen and oxygen atoms in total. The number of ether oxygens (including phenoxy) is 1. The second-order valence-electron chi connectivity index (χ2n) is 4.53. The van der Waals surface area contributed by atoms with Crippen molar-refractivity contribution in [2.45, 2.75) is 18.9 Å². The molecule has 1 aliphatic rings. The summed E-state index contributed by atoms with van der Waals surface area (Å²) in [6.45, 7) is 0.685. The Hall–Kier alpha value is -2.23. The maximum atomic E-state index is 12.1. The summed E-state index contributed by atoms with van der Waals surface area (Å²) < 4.78 is 10.8. The van der Waals surface area contributed by atoms with Crippen LogP contribution in [-0.2, 0) is 0 Å². The normalized spacial score (nSPS) is 18.0. The van der Waals surface area contributed by atoms with Crippen LogP contribution in [-0.4, -0.2) is 12.5 Å². The van der Waals surface area contributed by atoms with Gasteiger partial charge in [-0.1, -0.05) is 18.2 Å². The van der Waals surface area contributed by atoms with Crippen molar-refractivity contribution < 1.29 is 13.9 Å². The van der Waals surface area contributed by atoms with Crippen LogP contribution in [0.2, 0.25) is 0 Å². The number of furan rings is 1. The predicted molar refractivity (Wildman–Crippen MR) is 70.1 cm³/mol. The van der Waals surface area contributed by atoms with Gasteiger partial charge in [-0.2, -0.15) is 0 Å². The molecule has 1 aliphatic heterocycles. The van der Waals surface area contributed by atoms with E-state index in [-0.39, 0.29) is 11.9 Å². The zero-order valence-corrected chi connectivity index (χ0v) is 10.5. The molecule has 0 aliphatic carbocycles. The molecule has 19 heavy (non-hydrogen) atoms. The van der Waals surface area contributed by atoms with Crippen LogP contribution < -0.4 is 10.1 Å². The topological polar surface area (TPSA) is 51.5 Å². The summed E-state index contributed by atoms with van der Waals surface area (Å²) in [5, 5.41) is 3.00. The lowest BCUT2D eigenvalue weighted by atomic mass is 10.0. The number of fused-ring (bicyclic) bond motifs is 1. The number of para-hydroxylation sites is 1. The summed E-state index contributed by atoms with van der Waals surface area (Å²) in [7, 11) is 0. The number of benzene rings is 1. The highest BCUT2D eigenvalue weighted by atomic mass is 16.5. The van der Waals surface area contributed by atoms with Crippen LogP contribution in [0.15, 0.2) is 47.1 Å². The Labute approximate surface area is 111 Å². The molecule has 1 aromatic heterocycles. The van der Waals surface area contributed by atoms with Gasteiger partial charge in [-0.3, -0.25) is 4.79 Å². The Morgan fingerprint density at radius 3 is 2.95 bits per heavy atom. The van der Waals surface area contributed by atoms with Gasteiger partial charge in [-0.25, -0.2) is 0 Å². The van der Waals surface area contributed by atoms with Gasteiger partial charge in [0.05, 0.1) is 18.9 Å². The van der Waals surface area contributed by atoms with Crippen LogP contribution in [0.4, 0.5) is 0 Å². The Bertz CT molecular complexity index is 563. The van der Waals surface area contributed by atoms with Crippen LogP contribution in [0, 0.1) is 0 Å². The number of rotatable bonds is 2. The van der Waals surface area contributed by atoms with Crippen LogP contribution in [0.25, 0.3) is 0 Å². The highest BCUT2D eigenvalue weighted by molar-refractivity contribution is 5.91. The smallest absolute Gasteiger partial charge is 0.287 e. The van der Waals surface area contributed by atoms with Crippen LogP contribution in [0.3, 0.4) is 0 Å². The number of hydrogen-bond donors (Lipinski definition) is 1. The maximum Gasteiger partial charge on any atom is 0.287 e. The van der Waals surface area contributed by atoms with Gasteiger partial charge in [0.25, 0.3) is 5.91 Å². The molecule has 1 amide bonds. The van der Waals surface area contributed by atoms with Gasteiger partial charge < -0.3 is 14.5 Å². The Kier molecular flexibility index (Phi) is 3.23. The second-order valence-corrected chi connectivity index (χ2v) is 4.53. The third-order valence-corrected chi connectivity index (χ3v) is 3.24. The molecule has 1 N–H and O–H groups in total. The molecule has 0 saturated carbocycles. The van der Waals surface area contributed by atoms with Gasteiger partial charge in [0.1, 0.15) is 5.75 Å². The van der Waals surface area contributed by atoms with Crippen molar-refractivity contribution in [3.63, 3.8) is 0 Å². The van der Waals surface area contributed by atoms with E-state index in [1.165, 1.54) is 6.26 Å². The van der Waals surface area contributed by atoms with Crippen molar-refractivity contribution in [1.29, 1.82) is 0 Å². The van der Waals surface area contributed by atoms with Gasteiger partial charge in [0.2, 0.25) is 0 Å². The lowest BCUT2D eigenvalue weighted by molar-refractivity contribution is 0.0906. The largest absolute Gasteiger partial charge is 0.493 e. The highest BCUT2D eigenvalue weighted by Gasteiger charge is 2.22. The van der Waals surface area contributed by atoms with E-state index in [1.807, 2.05) is 24.3 Å². The molecule has 4 heteroatoms. The molecule has 0 fully saturated rings. The van der Waals surface area contributed by atoms with E-state index in [1.54, 1.807) is 12.1 Å². The Morgan fingerprint density at radius 1 is 1.21 bits per heavy atom. The first-order valence-electron chi connectivity index (χ1n) is 6.41. The van der Waals surface area contributed by atoms with Gasteiger partial charge in [0.15, 0.2) is 5.76 Å². The average molecular weight is 257 g/mol. The zero-order valence-electron chi connectivity index (χ0n) is 10.5. The average Bonchev–Trinajstić information content (AvgIpc) is 2.90. The summed E-state index contributed by atoms with van der Waals surface area (Å²) in [5.41, 5.74) is 1.03. The monoisotopic (exact) mass is 257 g/mol. The van der Waals surface area contributed by atoms with Crippen LogP contribution >= 0.6 is 0 Å². The van der Waals surface area contributed by atoms with Gasteiger partial charge in [0, 0.05) is 5.56 Å². The molecule has 0 spiro atoms. The third-order valence-electron chi connectivity index (χ3n) is 3.24. The fraction of sp³-hybridized carbons (Fsp3) is 0.267.